The summed E-state index contributed by atoms with van der Waals surface area (Å²) in [6, 6.07) is 9.01. The lowest BCUT2D eigenvalue weighted by Crippen LogP contribution is -1.78. The third-order valence-corrected chi connectivity index (χ3v) is 2.06. The number of aromatic amines is 1. The molecule has 0 saturated carbocycles. The molecule has 0 bridgehead atoms. The van der Waals surface area contributed by atoms with Crippen molar-refractivity contribution in [3.63, 3.8) is 0 Å². The highest BCUT2D eigenvalue weighted by molar-refractivity contribution is 5.74. The van der Waals surface area contributed by atoms with Crippen molar-refractivity contribution in [3.8, 4) is 22.9 Å². The average molecular weight is 184 g/mol. The van der Waals surface area contributed by atoms with Crippen LogP contribution in [-0.4, -0.2) is 10.1 Å². The Hall–Kier alpha value is -2.21. The first-order valence-electron chi connectivity index (χ1n) is 4.18. The Bertz CT molecular complexity index is 494. The number of aromatic nitrogens is 1. The van der Waals surface area contributed by atoms with Gasteiger partial charge in [-0.05, 0) is 6.07 Å². The van der Waals surface area contributed by atoms with Crippen LogP contribution in [0.15, 0.2) is 36.7 Å². The number of para-hydroxylation sites is 1. The van der Waals surface area contributed by atoms with E-state index in [-0.39, 0.29) is 5.75 Å². The molecule has 1 aromatic carbocycles. The van der Waals surface area contributed by atoms with Gasteiger partial charge in [-0.15, -0.1) is 0 Å². The molecule has 0 fully saturated rings. The summed E-state index contributed by atoms with van der Waals surface area (Å²) in [5.74, 6) is 0.184. The predicted octanol–water partition coefficient (Wildman–Crippen LogP) is 2.26. The van der Waals surface area contributed by atoms with Gasteiger partial charge in [-0.25, -0.2) is 0 Å². The number of nitrogens with one attached hydrogen (secondary N) is 1. The number of rotatable bonds is 1. The molecule has 0 amide bonds. The van der Waals surface area contributed by atoms with Crippen molar-refractivity contribution in [3.05, 3.63) is 42.2 Å². The van der Waals surface area contributed by atoms with Crippen molar-refractivity contribution in [1.29, 1.82) is 5.26 Å². The Morgan fingerprint density at radius 3 is 2.64 bits per heavy atom. The zero-order valence-electron chi connectivity index (χ0n) is 7.36. The van der Waals surface area contributed by atoms with Crippen LogP contribution in [0.2, 0.25) is 0 Å². The lowest BCUT2D eigenvalue weighted by molar-refractivity contribution is 0.477. The summed E-state index contributed by atoms with van der Waals surface area (Å²) in [5, 5.41) is 18.4. The second-order valence-electron chi connectivity index (χ2n) is 2.91. The number of H-pyrrole nitrogens is 1. The first kappa shape index (κ1) is 8.39. The number of phenols is 1. The molecule has 0 aliphatic heterocycles. The van der Waals surface area contributed by atoms with Gasteiger partial charge in [-0.1, -0.05) is 18.2 Å². The van der Waals surface area contributed by atoms with Gasteiger partial charge < -0.3 is 10.1 Å². The van der Waals surface area contributed by atoms with Gasteiger partial charge in [0, 0.05) is 23.5 Å². The fraction of sp³-hybridized carbons (Fsp3) is 0. The second-order valence-corrected chi connectivity index (χ2v) is 2.91. The van der Waals surface area contributed by atoms with Crippen LogP contribution in [0.4, 0.5) is 0 Å². The van der Waals surface area contributed by atoms with E-state index in [0.29, 0.717) is 11.1 Å². The van der Waals surface area contributed by atoms with Crippen LogP contribution >= 0.6 is 0 Å². The van der Waals surface area contributed by atoms with Gasteiger partial charge in [-0.2, -0.15) is 5.26 Å². The van der Waals surface area contributed by atoms with Crippen molar-refractivity contribution in [2.45, 2.75) is 0 Å². The molecule has 0 unspecified atom stereocenters. The molecule has 2 N–H and O–H groups in total. The maximum absolute atomic E-state index is 9.58. The van der Waals surface area contributed by atoms with Crippen LogP contribution in [0.25, 0.3) is 11.1 Å². The summed E-state index contributed by atoms with van der Waals surface area (Å²) in [6.07, 6.45) is 3.31. The van der Waals surface area contributed by atoms with Crippen LogP contribution in [0.5, 0.6) is 5.75 Å². The summed E-state index contributed by atoms with van der Waals surface area (Å²) in [4.78, 5) is 2.84. The topological polar surface area (TPSA) is 59.8 Å². The smallest absolute Gasteiger partial charge is 0.123 e. The fourth-order valence-corrected chi connectivity index (χ4v) is 1.38. The SMILES string of the molecule is N#Cc1c[nH]cc1-c1ccccc1O. The van der Waals surface area contributed by atoms with E-state index in [9.17, 15) is 5.11 Å². The molecule has 2 rings (SSSR count). The summed E-state index contributed by atoms with van der Waals surface area (Å²) in [5.41, 5.74) is 1.93. The lowest BCUT2D eigenvalue weighted by Gasteiger charge is -2.01. The Balaban J connectivity index is 2.62. The predicted molar refractivity (Wildman–Crippen MR) is 52.6 cm³/mol. The van der Waals surface area contributed by atoms with E-state index in [0.717, 1.165) is 5.56 Å². The molecular formula is C11H8N2O. The highest BCUT2D eigenvalue weighted by Crippen LogP contribution is 2.30. The molecule has 0 atom stereocenters. The van der Waals surface area contributed by atoms with E-state index < -0.39 is 0 Å². The molecule has 2 aromatic rings. The number of benzene rings is 1. The Morgan fingerprint density at radius 2 is 1.93 bits per heavy atom. The number of hydrogen-bond acceptors (Lipinski definition) is 2. The maximum atomic E-state index is 9.58. The first-order chi connectivity index (χ1) is 6.83. The number of nitrogens with zero attached hydrogens (tertiary/aromatic N) is 1. The van der Waals surface area contributed by atoms with Gasteiger partial charge in [0.1, 0.15) is 11.8 Å². The molecule has 1 aromatic heterocycles. The van der Waals surface area contributed by atoms with E-state index in [1.165, 1.54) is 0 Å². The van der Waals surface area contributed by atoms with Gasteiger partial charge in [0.25, 0.3) is 0 Å². The van der Waals surface area contributed by atoms with Crippen LogP contribution in [0.3, 0.4) is 0 Å². The summed E-state index contributed by atoms with van der Waals surface area (Å²) in [6.45, 7) is 0. The zero-order valence-corrected chi connectivity index (χ0v) is 7.36. The number of phenolic OH excluding ortho intramolecular Hbond substituents is 1. The highest BCUT2D eigenvalue weighted by atomic mass is 16.3. The molecule has 14 heavy (non-hydrogen) atoms. The molecule has 0 radical (unpaired) electrons. The van der Waals surface area contributed by atoms with Gasteiger partial charge in [-0.3, -0.25) is 0 Å². The third-order valence-electron chi connectivity index (χ3n) is 2.06. The lowest BCUT2D eigenvalue weighted by atomic mass is 10.0. The molecule has 0 aliphatic rings. The Morgan fingerprint density at radius 1 is 1.14 bits per heavy atom. The maximum Gasteiger partial charge on any atom is 0.123 e. The van der Waals surface area contributed by atoms with Gasteiger partial charge in [0.05, 0.1) is 5.56 Å². The molecule has 3 nitrogen and oxygen atoms in total. The largest absolute Gasteiger partial charge is 0.507 e. The molecule has 3 heteroatoms. The van der Waals surface area contributed by atoms with Gasteiger partial charge in [0.15, 0.2) is 0 Å². The van der Waals surface area contributed by atoms with Gasteiger partial charge in [0.2, 0.25) is 0 Å². The van der Waals surface area contributed by atoms with Crippen LogP contribution in [0, 0.1) is 11.3 Å². The van der Waals surface area contributed by atoms with Crippen LogP contribution in [-0.2, 0) is 0 Å². The number of nitriles is 1. The van der Waals surface area contributed by atoms with Crippen molar-refractivity contribution < 1.29 is 5.11 Å². The van der Waals surface area contributed by atoms with Crippen LogP contribution in [0.1, 0.15) is 5.56 Å². The summed E-state index contributed by atoms with van der Waals surface area (Å²) < 4.78 is 0. The Labute approximate surface area is 81.2 Å². The first-order valence-corrected chi connectivity index (χ1v) is 4.18. The monoisotopic (exact) mass is 184 g/mol. The van der Waals surface area contributed by atoms with Crippen molar-refractivity contribution >= 4 is 0 Å². The van der Waals surface area contributed by atoms with E-state index in [1.54, 1.807) is 30.6 Å². The standard InChI is InChI=1S/C11H8N2O/c12-5-8-6-13-7-10(8)9-3-1-2-4-11(9)14/h1-4,6-7,13-14H. The number of hydrogen-bond donors (Lipinski definition) is 2. The molecule has 0 aliphatic carbocycles. The fourth-order valence-electron chi connectivity index (χ4n) is 1.38. The minimum Gasteiger partial charge on any atom is -0.507 e. The van der Waals surface area contributed by atoms with E-state index in [2.05, 4.69) is 11.1 Å². The van der Waals surface area contributed by atoms with Gasteiger partial charge >= 0.3 is 0 Å². The normalized spacial score (nSPS) is 9.64. The number of aromatic hydroxyl groups is 1. The summed E-state index contributed by atoms with van der Waals surface area (Å²) in [7, 11) is 0. The second kappa shape index (κ2) is 3.27. The third kappa shape index (κ3) is 1.23. The molecular weight excluding hydrogens is 176 g/mol. The van der Waals surface area contributed by atoms with Crippen LogP contribution < -0.4 is 0 Å². The van der Waals surface area contributed by atoms with Crippen molar-refractivity contribution in [2.24, 2.45) is 0 Å². The average Bonchev–Trinajstić information content (AvgIpc) is 2.66. The summed E-state index contributed by atoms with van der Waals surface area (Å²) >= 11 is 0. The van der Waals surface area contributed by atoms with Crippen molar-refractivity contribution in [1.82, 2.24) is 4.98 Å². The minimum atomic E-state index is 0.184. The highest BCUT2D eigenvalue weighted by Gasteiger charge is 2.08. The molecule has 0 saturated heterocycles. The quantitative estimate of drug-likeness (QED) is 0.714. The van der Waals surface area contributed by atoms with E-state index in [1.807, 2.05) is 6.07 Å². The Kier molecular flexibility index (Phi) is 1.96. The minimum absolute atomic E-state index is 0.184. The molecule has 1 heterocycles. The van der Waals surface area contributed by atoms with E-state index in [4.69, 9.17) is 5.26 Å². The molecule has 0 spiro atoms. The van der Waals surface area contributed by atoms with E-state index >= 15 is 0 Å². The van der Waals surface area contributed by atoms with Crippen molar-refractivity contribution in [2.75, 3.05) is 0 Å². The zero-order chi connectivity index (χ0) is 9.97. The molecule has 68 valence electrons.